The predicted molar refractivity (Wildman–Crippen MR) is 50.2 cm³/mol. The van der Waals surface area contributed by atoms with E-state index in [4.69, 9.17) is 11.6 Å². The van der Waals surface area contributed by atoms with Crippen LogP contribution in [0.2, 0.25) is 5.02 Å². The molecule has 0 spiro atoms. The summed E-state index contributed by atoms with van der Waals surface area (Å²) in [6, 6.07) is 5.22. The quantitative estimate of drug-likeness (QED) is 0.745. The smallest absolute Gasteiger partial charge is 0.144 e. The molecule has 1 aromatic rings. The Morgan fingerprint density at radius 1 is 1.42 bits per heavy atom. The van der Waals surface area contributed by atoms with Crippen molar-refractivity contribution in [2.24, 2.45) is 0 Å². The fraction of sp³-hybridized carbons (Fsp3) is 0.250. The Balaban J connectivity index is 2.97. The summed E-state index contributed by atoms with van der Waals surface area (Å²) in [5.41, 5.74) is 1.69. The highest BCUT2D eigenvalue weighted by molar-refractivity contribution is 7.71. The maximum Gasteiger partial charge on any atom is 0.144 e. The summed E-state index contributed by atoms with van der Waals surface area (Å²) in [6.45, 7) is 1.85. The second-order valence-corrected chi connectivity index (χ2v) is 3.96. The van der Waals surface area contributed by atoms with Crippen molar-refractivity contribution in [3.05, 3.63) is 34.3 Å². The SMILES string of the molecule is Cc1cc(C[SH](=O)=O)ccc1Cl. The Bertz CT molecular complexity index is 350. The first kappa shape index (κ1) is 9.55. The molecule has 0 aliphatic carbocycles. The maximum absolute atomic E-state index is 10.4. The average Bonchev–Trinajstić information content (AvgIpc) is 1.96. The van der Waals surface area contributed by atoms with Crippen molar-refractivity contribution in [2.75, 3.05) is 0 Å². The van der Waals surface area contributed by atoms with Crippen molar-refractivity contribution in [3.8, 4) is 0 Å². The zero-order valence-electron chi connectivity index (χ0n) is 6.58. The van der Waals surface area contributed by atoms with Crippen molar-refractivity contribution in [1.82, 2.24) is 0 Å². The third-order valence-corrected chi connectivity index (χ3v) is 2.58. The summed E-state index contributed by atoms with van der Waals surface area (Å²) in [5.74, 6) is 0.0906. The zero-order chi connectivity index (χ0) is 9.14. The molecule has 0 aliphatic heterocycles. The first-order valence-corrected chi connectivity index (χ1v) is 5.20. The second-order valence-electron chi connectivity index (χ2n) is 2.57. The van der Waals surface area contributed by atoms with E-state index in [0.717, 1.165) is 11.1 Å². The molecule has 0 aliphatic rings. The van der Waals surface area contributed by atoms with E-state index in [1.807, 2.05) is 6.92 Å². The number of thiol groups is 1. The molecule has 0 bridgehead atoms. The molecule has 0 radical (unpaired) electrons. The molecule has 0 atom stereocenters. The van der Waals surface area contributed by atoms with E-state index in [1.165, 1.54) is 0 Å². The molecule has 0 aromatic heterocycles. The lowest BCUT2D eigenvalue weighted by atomic mass is 10.2. The van der Waals surface area contributed by atoms with E-state index >= 15 is 0 Å². The van der Waals surface area contributed by atoms with Crippen LogP contribution >= 0.6 is 11.6 Å². The van der Waals surface area contributed by atoms with Crippen LogP contribution in [0.5, 0.6) is 0 Å². The van der Waals surface area contributed by atoms with Crippen LogP contribution in [0.1, 0.15) is 11.1 Å². The third-order valence-electron chi connectivity index (χ3n) is 1.53. The fourth-order valence-electron chi connectivity index (χ4n) is 0.954. The summed E-state index contributed by atoms with van der Waals surface area (Å²) in [7, 11) is -2.34. The van der Waals surface area contributed by atoms with Gasteiger partial charge in [0.1, 0.15) is 10.7 Å². The van der Waals surface area contributed by atoms with Gasteiger partial charge < -0.3 is 0 Å². The lowest BCUT2D eigenvalue weighted by Gasteiger charge is -1.99. The molecule has 0 N–H and O–H groups in total. The number of benzene rings is 1. The van der Waals surface area contributed by atoms with Crippen LogP contribution in [0, 0.1) is 6.92 Å². The van der Waals surface area contributed by atoms with E-state index < -0.39 is 10.7 Å². The third kappa shape index (κ3) is 2.50. The molecule has 0 amide bonds. The largest absolute Gasteiger partial charge is 0.232 e. The van der Waals surface area contributed by atoms with Gasteiger partial charge >= 0.3 is 0 Å². The van der Waals surface area contributed by atoms with Crippen LogP contribution in [-0.4, -0.2) is 8.42 Å². The van der Waals surface area contributed by atoms with Gasteiger partial charge in [-0.3, -0.25) is 0 Å². The minimum atomic E-state index is -2.34. The van der Waals surface area contributed by atoms with E-state index in [2.05, 4.69) is 0 Å². The van der Waals surface area contributed by atoms with Crippen LogP contribution in [0.15, 0.2) is 18.2 Å². The first-order chi connectivity index (χ1) is 5.59. The van der Waals surface area contributed by atoms with Gasteiger partial charge in [0.05, 0.1) is 5.75 Å². The molecular weight excluding hydrogens is 196 g/mol. The Kier molecular flexibility index (Phi) is 3.12. The number of hydrogen-bond donors (Lipinski definition) is 1. The van der Waals surface area contributed by atoms with Gasteiger partial charge in [0.15, 0.2) is 0 Å². The number of hydrogen-bond acceptors (Lipinski definition) is 2. The second kappa shape index (κ2) is 3.92. The molecule has 0 unspecified atom stereocenters. The summed E-state index contributed by atoms with van der Waals surface area (Å²) in [4.78, 5) is 0. The average molecular weight is 205 g/mol. The fourth-order valence-corrected chi connectivity index (χ4v) is 1.57. The maximum atomic E-state index is 10.4. The summed E-state index contributed by atoms with van der Waals surface area (Å²) in [5, 5.41) is 0.667. The lowest BCUT2D eigenvalue weighted by molar-refractivity contribution is 0.614. The van der Waals surface area contributed by atoms with Crippen molar-refractivity contribution in [1.29, 1.82) is 0 Å². The van der Waals surface area contributed by atoms with E-state index in [1.54, 1.807) is 18.2 Å². The Hall–Kier alpha value is -0.540. The molecular formula is C8H9ClO2S. The monoisotopic (exact) mass is 204 g/mol. The van der Waals surface area contributed by atoms with Crippen LogP contribution in [0.4, 0.5) is 0 Å². The van der Waals surface area contributed by atoms with Gasteiger partial charge in [-0.2, -0.15) is 0 Å². The van der Waals surface area contributed by atoms with E-state index in [9.17, 15) is 8.42 Å². The first-order valence-electron chi connectivity index (χ1n) is 3.46. The van der Waals surface area contributed by atoms with Gasteiger partial charge in [-0.25, -0.2) is 8.42 Å². The molecule has 0 saturated heterocycles. The van der Waals surface area contributed by atoms with Crippen LogP contribution in [0.25, 0.3) is 0 Å². The van der Waals surface area contributed by atoms with Gasteiger partial charge in [0.25, 0.3) is 0 Å². The number of halogens is 1. The Morgan fingerprint density at radius 3 is 2.58 bits per heavy atom. The van der Waals surface area contributed by atoms with Crippen LogP contribution in [-0.2, 0) is 16.5 Å². The molecule has 0 fully saturated rings. The van der Waals surface area contributed by atoms with Crippen molar-refractivity contribution < 1.29 is 8.42 Å². The van der Waals surface area contributed by atoms with Gasteiger partial charge in [0, 0.05) is 5.02 Å². The van der Waals surface area contributed by atoms with Crippen LogP contribution in [0.3, 0.4) is 0 Å². The predicted octanol–water partition coefficient (Wildman–Crippen LogP) is 1.76. The molecule has 1 aromatic carbocycles. The minimum absolute atomic E-state index is 0.0906. The molecule has 1 rings (SSSR count). The molecule has 0 saturated carbocycles. The lowest BCUT2D eigenvalue weighted by Crippen LogP contribution is -1.87. The van der Waals surface area contributed by atoms with Gasteiger partial charge in [-0.15, -0.1) is 0 Å². The number of rotatable bonds is 2. The van der Waals surface area contributed by atoms with E-state index in [0.29, 0.717) is 5.02 Å². The van der Waals surface area contributed by atoms with Crippen molar-refractivity contribution in [3.63, 3.8) is 0 Å². The molecule has 66 valence electrons. The standard InChI is InChI=1S/C8H9ClO2S/c1-6-4-7(5-12(10)11)2-3-8(6)9/h2-4,12H,5H2,1H3. The highest BCUT2D eigenvalue weighted by atomic mass is 35.5. The molecule has 2 nitrogen and oxygen atoms in total. The highest BCUT2D eigenvalue weighted by Gasteiger charge is 1.97. The minimum Gasteiger partial charge on any atom is -0.232 e. The van der Waals surface area contributed by atoms with E-state index in [-0.39, 0.29) is 5.75 Å². The topological polar surface area (TPSA) is 34.1 Å². The van der Waals surface area contributed by atoms with Crippen molar-refractivity contribution in [2.45, 2.75) is 12.7 Å². The number of aryl methyl sites for hydroxylation is 1. The van der Waals surface area contributed by atoms with Gasteiger partial charge in [-0.05, 0) is 24.1 Å². The van der Waals surface area contributed by atoms with Gasteiger partial charge in [0.2, 0.25) is 0 Å². The molecule has 4 heteroatoms. The molecule has 0 heterocycles. The normalized spacial score (nSPS) is 10.6. The summed E-state index contributed by atoms with van der Waals surface area (Å²) in [6.07, 6.45) is 0. The zero-order valence-corrected chi connectivity index (χ0v) is 8.23. The summed E-state index contributed by atoms with van der Waals surface area (Å²) >= 11 is 5.77. The van der Waals surface area contributed by atoms with Crippen LogP contribution < -0.4 is 0 Å². The Labute approximate surface area is 78.1 Å². The van der Waals surface area contributed by atoms with Crippen molar-refractivity contribution >= 4 is 22.3 Å². The highest BCUT2D eigenvalue weighted by Crippen LogP contribution is 2.16. The van der Waals surface area contributed by atoms with Gasteiger partial charge in [-0.1, -0.05) is 23.7 Å². The molecule has 12 heavy (non-hydrogen) atoms. The Morgan fingerprint density at radius 2 is 2.08 bits per heavy atom. The summed E-state index contributed by atoms with van der Waals surface area (Å²) < 4.78 is 20.7.